The number of alkyl halides is 3. The van der Waals surface area contributed by atoms with E-state index in [-0.39, 0.29) is 11.8 Å². The van der Waals surface area contributed by atoms with Gasteiger partial charge in [0, 0.05) is 30.1 Å². The monoisotopic (exact) mass is 482 g/mol. The number of hydrogen-bond acceptors (Lipinski definition) is 4. The van der Waals surface area contributed by atoms with Gasteiger partial charge >= 0.3 is 6.18 Å². The highest BCUT2D eigenvalue weighted by molar-refractivity contribution is 7.17. The van der Waals surface area contributed by atoms with Gasteiger partial charge in [-0.05, 0) is 60.6 Å². The van der Waals surface area contributed by atoms with E-state index in [1.807, 2.05) is 23.1 Å². The number of fused-ring (bicyclic) bond motifs is 4. The SMILES string of the molecule is O=C(c1cc2c(s1)-c1ccccc1CC2)N1CCCC(c2nnc3ccc(C(F)(F)F)cn23)C1. The molecule has 174 valence electrons. The third kappa shape index (κ3) is 3.58. The van der Waals surface area contributed by atoms with Gasteiger partial charge in [-0.1, -0.05) is 24.3 Å². The smallest absolute Gasteiger partial charge is 0.337 e. The molecule has 1 aliphatic heterocycles. The lowest BCUT2D eigenvalue weighted by Gasteiger charge is -2.31. The third-order valence-electron chi connectivity index (χ3n) is 6.78. The molecule has 0 spiro atoms. The molecule has 5 nitrogen and oxygen atoms in total. The number of halogens is 3. The molecule has 1 aromatic carbocycles. The Morgan fingerprint density at radius 1 is 1.06 bits per heavy atom. The fraction of sp³-hybridized carbons (Fsp3) is 0.320. The van der Waals surface area contributed by atoms with Crippen LogP contribution in [0.5, 0.6) is 0 Å². The van der Waals surface area contributed by atoms with E-state index in [9.17, 15) is 18.0 Å². The van der Waals surface area contributed by atoms with E-state index in [0.29, 0.717) is 29.4 Å². The van der Waals surface area contributed by atoms with Gasteiger partial charge in [0.1, 0.15) is 5.82 Å². The van der Waals surface area contributed by atoms with Crippen molar-refractivity contribution in [3.05, 3.63) is 76.1 Å². The second-order valence-corrected chi connectivity index (χ2v) is 9.97. The largest absolute Gasteiger partial charge is 0.417 e. The molecular weight excluding hydrogens is 461 g/mol. The number of rotatable bonds is 2. The number of carbonyl (C=O) groups excluding carboxylic acids is 1. The summed E-state index contributed by atoms with van der Waals surface area (Å²) in [6.07, 6.45) is 0.00988. The van der Waals surface area contributed by atoms with Crippen molar-refractivity contribution in [3.8, 4) is 10.4 Å². The fourth-order valence-electron chi connectivity index (χ4n) is 5.06. The average Bonchev–Trinajstić information content (AvgIpc) is 3.47. The van der Waals surface area contributed by atoms with E-state index in [1.54, 1.807) is 0 Å². The molecule has 2 aliphatic rings. The maximum atomic E-state index is 13.4. The Kier molecular flexibility index (Phi) is 4.98. The molecule has 4 aromatic rings. The Morgan fingerprint density at radius 3 is 2.74 bits per heavy atom. The molecule has 0 saturated carbocycles. The Balaban J connectivity index is 1.27. The first-order valence-corrected chi connectivity index (χ1v) is 12.1. The van der Waals surface area contributed by atoms with Crippen molar-refractivity contribution in [2.24, 2.45) is 0 Å². The number of thiophene rings is 1. The molecular formula is C25H21F3N4OS. The minimum atomic E-state index is -4.44. The second kappa shape index (κ2) is 7.94. The van der Waals surface area contributed by atoms with Gasteiger partial charge in [0.25, 0.3) is 5.91 Å². The summed E-state index contributed by atoms with van der Waals surface area (Å²) in [5.74, 6) is 0.274. The van der Waals surface area contributed by atoms with Crippen LogP contribution in [0.3, 0.4) is 0 Å². The first-order chi connectivity index (χ1) is 16.4. The number of amides is 1. The molecule has 1 atom stereocenters. The lowest BCUT2D eigenvalue weighted by Crippen LogP contribution is -2.39. The summed E-state index contributed by atoms with van der Waals surface area (Å²) < 4.78 is 41.1. The van der Waals surface area contributed by atoms with Crippen LogP contribution in [0.2, 0.25) is 0 Å². The number of aryl methyl sites for hydroxylation is 2. The first-order valence-electron chi connectivity index (χ1n) is 11.3. The lowest BCUT2D eigenvalue weighted by molar-refractivity contribution is -0.137. The highest BCUT2D eigenvalue weighted by Crippen LogP contribution is 2.40. The van der Waals surface area contributed by atoms with Crippen LogP contribution < -0.4 is 0 Å². The summed E-state index contributed by atoms with van der Waals surface area (Å²) in [6, 6.07) is 12.7. The van der Waals surface area contributed by atoms with Crippen molar-refractivity contribution in [1.29, 1.82) is 0 Å². The normalized spacial score (nSPS) is 18.1. The molecule has 0 N–H and O–H groups in total. The highest BCUT2D eigenvalue weighted by atomic mass is 32.1. The number of pyridine rings is 1. The topological polar surface area (TPSA) is 50.5 Å². The van der Waals surface area contributed by atoms with Crippen LogP contribution in [0, 0.1) is 0 Å². The van der Waals surface area contributed by atoms with Crippen LogP contribution in [0.25, 0.3) is 16.1 Å². The zero-order chi connectivity index (χ0) is 23.4. The molecule has 34 heavy (non-hydrogen) atoms. The molecule has 1 aliphatic carbocycles. The molecule has 4 heterocycles. The zero-order valence-electron chi connectivity index (χ0n) is 18.2. The van der Waals surface area contributed by atoms with E-state index >= 15 is 0 Å². The number of nitrogens with zero attached hydrogens (tertiary/aromatic N) is 4. The van der Waals surface area contributed by atoms with Gasteiger partial charge in [-0.25, -0.2) is 0 Å². The number of hydrogen-bond donors (Lipinski definition) is 0. The third-order valence-corrected chi connectivity index (χ3v) is 7.97. The maximum absolute atomic E-state index is 13.4. The summed E-state index contributed by atoms with van der Waals surface area (Å²) in [5.41, 5.74) is 3.36. The van der Waals surface area contributed by atoms with Crippen LogP contribution in [0.15, 0.2) is 48.7 Å². The minimum absolute atomic E-state index is 0.0219. The van der Waals surface area contributed by atoms with Crippen molar-refractivity contribution in [2.45, 2.75) is 37.8 Å². The summed E-state index contributed by atoms with van der Waals surface area (Å²) in [6.45, 7) is 1.04. The van der Waals surface area contributed by atoms with E-state index in [1.165, 1.54) is 43.4 Å². The van der Waals surface area contributed by atoms with Gasteiger partial charge in [0.05, 0.1) is 10.4 Å². The average molecular weight is 483 g/mol. The van der Waals surface area contributed by atoms with E-state index in [4.69, 9.17) is 0 Å². The van der Waals surface area contributed by atoms with Gasteiger partial charge in [-0.15, -0.1) is 21.5 Å². The summed E-state index contributed by atoms with van der Waals surface area (Å²) in [4.78, 5) is 17.1. The summed E-state index contributed by atoms with van der Waals surface area (Å²) >= 11 is 1.54. The Labute approximate surface area is 197 Å². The molecule has 9 heteroatoms. The molecule has 3 aromatic heterocycles. The van der Waals surface area contributed by atoms with Crippen LogP contribution in [-0.4, -0.2) is 38.5 Å². The van der Waals surface area contributed by atoms with Gasteiger partial charge in [0.2, 0.25) is 0 Å². The molecule has 1 unspecified atom stereocenters. The predicted octanol–water partition coefficient (Wildman–Crippen LogP) is 5.60. The summed E-state index contributed by atoms with van der Waals surface area (Å²) in [7, 11) is 0. The Hall–Kier alpha value is -3.20. The minimum Gasteiger partial charge on any atom is -0.337 e. The van der Waals surface area contributed by atoms with E-state index in [2.05, 4.69) is 22.3 Å². The highest BCUT2D eigenvalue weighted by Gasteiger charge is 2.33. The molecule has 1 saturated heterocycles. The lowest BCUT2D eigenvalue weighted by atomic mass is 9.91. The molecule has 0 bridgehead atoms. The van der Waals surface area contributed by atoms with Crippen LogP contribution in [-0.2, 0) is 19.0 Å². The standard InChI is InChI=1S/C25H21F3N4OS/c26-25(27,28)18-9-10-21-29-30-23(32(21)14-18)17-5-3-11-31(13-17)24(33)20-12-16-8-7-15-4-1-2-6-19(15)22(16)34-20/h1-2,4,6,9-10,12,14,17H,3,5,7-8,11,13H2. The maximum Gasteiger partial charge on any atom is 0.417 e. The molecule has 1 fully saturated rings. The van der Waals surface area contributed by atoms with E-state index in [0.717, 1.165) is 37.9 Å². The van der Waals surface area contributed by atoms with Crippen molar-refractivity contribution in [2.75, 3.05) is 13.1 Å². The number of aromatic nitrogens is 3. The Bertz CT molecular complexity index is 1410. The fourth-order valence-corrected chi connectivity index (χ4v) is 6.30. The van der Waals surface area contributed by atoms with Gasteiger partial charge < -0.3 is 4.90 Å². The molecule has 0 radical (unpaired) electrons. The van der Waals surface area contributed by atoms with Crippen molar-refractivity contribution in [3.63, 3.8) is 0 Å². The second-order valence-electron chi connectivity index (χ2n) is 8.91. The van der Waals surface area contributed by atoms with Crippen LogP contribution in [0.4, 0.5) is 13.2 Å². The van der Waals surface area contributed by atoms with E-state index < -0.39 is 11.7 Å². The van der Waals surface area contributed by atoms with Crippen molar-refractivity contribution in [1.82, 2.24) is 19.5 Å². The number of piperidine rings is 1. The first kappa shape index (κ1) is 21.3. The number of benzene rings is 1. The Morgan fingerprint density at radius 2 is 1.88 bits per heavy atom. The van der Waals surface area contributed by atoms with Crippen molar-refractivity contribution < 1.29 is 18.0 Å². The van der Waals surface area contributed by atoms with Gasteiger partial charge in [-0.3, -0.25) is 9.20 Å². The molecule has 6 rings (SSSR count). The van der Waals surface area contributed by atoms with Crippen LogP contribution >= 0.6 is 11.3 Å². The molecule has 1 amide bonds. The number of likely N-dealkylation sites (tertiary alicyclic amines) is 1. The van der Waals surface area contributed by atoms with Gasteiger partial charge in [0.15, 0.2) is 5.65 Å². The van der Waals surface area contributed by atoms with Gasteiger partial charge in [-0.2, -0.15) is 13.2 Å². The quantitative estimate of drug-likeness (QED) is 0.374. The van der Waals surface area contributed by atoms with Crippen molar-refractivity contribution >= 4 is 22.9 Å². The zero-order valence-corrected chi connectivity index (χ0v) is 19.0. The number of carbonyl (C=O) groups is 1. The van der Waals surface area contributed by atoms with Crippen LogP contribution in [0.1, 0.15) is 50.9 Å². The summed E-state index contributed by atoms with van der Waals surface area (Å²) in [5, 5.41) is 8.25. The predicted molar refractivity (Wildman–Crippen MR) is 123 cm³/mol.